The number of carbonyl (C=O) groups is 3. The number of likely N-dealkylation sites (tertiary alicyclic amines) is 1. The first-order valence-corrected chi connectivity index (χ1v) is 9.58. The van der Waals surface area contributed by atoms with E-state index in [0.29, 0.717) is 23.7 Å². The first-order valence-electron chi connectivity index (χ1n) is 9.58. The average Bonchev–Trinajstić information content (AvgIpc) is 3.05. The van der Waals surface area contributed by atoms with Crippen LogP contribution in [0.4, 0.5) is 10.5 Å². The minimum atomic E-state index is -0.430. The molecule has 0 bridgehead atoms. The van der Waals surface area contributed by atoms with Crippen LogP contribution in [0, 0.1) is 6.92 Å². The van der Waals surface area contributed by atoms with E-state index in [9.17, 15) is 14.4 Å². The van der Waals surface area contributed by atoms with Crippen molar-refractivity contribution < 1.29 is 14.4 Å². The van der Waals surface area contributed by atoms with E-state index >= 15 is 0 Å². The van der Waals surface area contributed by atoms with Crippen molar-refractivity contribution in [2.45, 2.75) is 25.7 Å². The molecule has 144 valence electrons. The van der Waals surface area contributed by atoms with Crippen LogP contribution in [0.15, 0.2) is 48.5 Å². The summed E-state index contributed by atoms with van der Waals surface area (Å²) in [5, 5.41) is 2.25. The number of piperidine rings is 1. The minimum absolute atomic E-state index is 0.00542. The lowest BCUT2D eigenvalue weighted by Crippen LogP contribution is -2.39. The third-order valence-electron chi connectivity index (χ3n) is 5.44. The number of amides is 4. The number of anilines is 1. The molecule has 0 spiro atoms. The number of imide groups is 1. The molecule has 0 radical (unpaired) electrons. The van der Waals surface area contributed by atoms with Crippen LogP contribution in [0.5, 0.6) is 0 Å². The fraction of sp³-hybridized carbons (Fsp3) is 0.318. The number of nitrogens with one attached hydrogen (secondary N) is 1. The van der Waals surface area contributed by atoms with E-state index in [2.05, 4.69) is 36.5 Å². The van der Waals surface area contributed by atoms with Crippen LogP contribution in [0.25, 0.3) is 0 Å². The summed E-state index contributed by atoms with van der Waals surface area (Å²) in [6.07, 6.45) is 2.07. The van der Waals surface area contributed by atoms with Crippen LogP contribution in [0.3, 0.4) is 0 Å². The Balaban J connectivity index is 1.46. The number of hydrogen-bond acceptors (Lipinski definition) is 3. The van der Waals surface area contributed by atoms with Crippen molar-refractivity contribution in [3.63, 3.8) is 0 Å². The topological polar surface area (TPSA) is 69.7 Å². The van der Waals surface area contributed by atoms with Crippen LogP contribution in [0.2, 0.25) is 0 Å². The second kappa shape index (κ2) is 7.46. The maximum Gasteiger partial charge on any atom is 0.329 e. The van der Waals surface area contributed by atoms with Gasteiger partial charge in [0.25, 0.3) is 5.91 Å². The van der Waals surface area contributed by atoms with Gasteiger partial charge in [0, 0.05) is 30.3 Å². The van der Waals surface area contributed by atoms with E-state index in [4.69, 9.17) is 0 Å². The van der Waals surface area contributed by atoms with Gasteiger partial charge in [0.2, 0.25) is 5.91 Å². The molecule has 2 aromatic carbocycles. The van der Waals surface area contributed by atoms with E-state index in [1.165, 1.54) is 16.0 Å². The molecule has 2 fully saturated rings. The van der Waals surface area contributed by atoms with Gasteiger partial charge in [-0.3, -0.25) is 19.8 Å². The maximum absolute atomic E-state index is 13.0. The summed E-state index contributed by atoms with van der Waals surface area (Å²) in [6.45, 7) is 3.57. The summed E-state index contributed by atoms with van der Waals surface area (Å²) in [5.74, 6) is 0.0442. The van der Waals surface area contributed by atoms with E-state index in [1.54, 1.807) is 24.3 Å². The van der Waals surface area contributed by atoms with Gasteiger partial charge in [-0.1, -0.05) is 29.8 Å². The van der Waals surface area contributed by atoms with Crippen LogP contribution in [0.1, 0.15) is 40.2 Å². The lowest BCUT2D eigenvalue weighted by atomic mass is 9.89. The average molecular weight is 377 g/mol. The Hall–Kier alpha value is -3.15. The van der Waals surface area contributed by atoms with Gasteiger partial charge in [-0.05, 0) is 49.6 Å². The molecule has 6 heteroatoms. The molecule has 28 heavy (non-hydrogen) atoms. The van der Waals surface area contributed by atoms with Crippen molar-refractivity contribution >= 4 is 23.5 Å². The number of aryl methyl sites for hydroxylation is 1. The zero-order chi connectivity index (χ0) is 19.7. The number of benzene rings is 2. The summed E-state index contributed by atoms with van der Waals surface area (Å²) in [6, 6.07) is 15.0. The van der Waals surface area contributed by atoms with Gasteiger partial charge in [-0.15, -0.1) is 0 Å². The smallest absolute Gasteiger partial charge is 0.329 e. The molecule has 0 saturated carbocycles. The second-order valence-corrected chi connectivity index (χ2v) is 7.49. The van der Waals surface area contributed by atoms with E-state index < -0.39 is 6.03 Å². The fourth-order valence-corrected chi connectivity index (χ4v) is 3.97. The molecule has 1 unspecified atom stereocenters. The summed E-state index contributed by atoms with van der Waals surface area (Å²) in [7, 11) is 0. The van der Waals surface area contributed by atoms with Gasteiger partial charge in [0.05, 0.1) is 0 Å². The van der Waals surface area contributed by atoms with Crippen LogP contribution in [-0.4, -0.2) is 42.4 Å². The molecule has 6 nitrogen and oxygen atoms in total. The number of carbonyl (C=O) groups excluding carboxylic acids is 3. The SMILES string of the molecule is Cc1cccc(C2CCCN(C(=O)c3ccc(N4CC(=O)NC4=O)cc3)C2)c1. The maximum atomic E-state index is 13.0. The zero-order valence-electron chi connectivity index (χ0n) is 15.9. The monoisotopic (exact) mass is 377 g/mol. The number of urea groups is 1. The van der Waals surface area contributed by atoms with Crippen molar-refractivity contribution in [1.82, 2.24) is 10.2 Å². The Morgan fingerprint density at radius 1 is 1.11 bits per heavy atom. The van der Waals surface area contributed by atoms with Crippen LogP contribution >= 0.6 is 0 Å². The molecule has 4 rings (SSSR count). The minimum Gasteiger partial charge on any atom is -0.338 e. The molecule has 0 aliphatic carbocycles. The summed E-state index contributed by atoms with van der Waals surface area (Å²) in [5.41, 5.74) is 3.73. The highest BCUT2D eigenvalue weighted by Gasteiger charge is 2.29. The summed E-state index contributed by atoms with van der Waals surface area (Å²) >= 11 is 0. The largest absolute Gasteiger partial charge is 0.338 e. The van der Waals surface area contributed by atoms with Crippen LogP contribution < -0.4 is 10.2 Å². The lowest BCUT2D eigenvalue weighted by molar-refractivity contribution is -0.117. The second-order valence-electron chi connectivity index (χ2n) is 7.49. The van der Waals surface area contributed by atoms with E-state index in [0.717, 1.165) is 19.4 Å². The van der Waals surface area contributed by atoms with Crippen LogP contribution in [-0.2, 0) is 4.79 Å². The molecule has 4 amide bonds. The lowest BCUT2D eigenvalue weighted by Gasteiger charge is -2.33. The third kappa shape index (κ3) is 3.63. The normalized spacial score (nSPS) is 19.7. The molecule has 2 aliphatic rings. The first kappa shape index (κ1) is 18.2. The van der Waals surface area contributed by atoms with Gasteiger partial charge < -0.3 is 4.90 Å². The highest BCUT2D eigenvalue weighted by molar-refractivity contribution is 6.12. The Morgan fingerprint density at radius 3 is 2.57 bits per heavy atom. The van der Waals surface area contributed by atoms with Gasteiger partial charge in [0.15, 0.2) is 0 Å². The van der Waals surface area contributed by atoms with E-state index in [1.807, 2.05) is 4.90 Å². The van der Waals surface area contributed by atoms with Gasteiger partial charge in [0.1, 0.15) is 6.54 Å². The summed E-state index contributed by atoms with van der Waals surface area (Å²) in [4.78, 5) is 39.4. The quantitative estimate of drug-likeness (QED) is 0.836. The molecule has 0 aromatic heterocycles. The van der Waals surface area contributed by atoms with Gasteiger partial charge in [-0.25, -0.2) is 4.79 Å². The standard InChI is InChI=1S/C22H23N3O3/c1-15-4-2-5-17(12-15)18-6-3-11-24(13-18)21(27)16-7-9-19(10-8-16)25-14-20(26)23-22(25)28/h2,4-5,7-10,12,18H,3,6,11,13-14H2,1H3,(H,23,26,28). The number of hydrogen-bond donors (Lipinski definition) is 1. The zero-order valence-corrected chi connectivity index (χ0v) is 15.9. The number of nitrogens with zero attached hydrogens (tertiary/aromatic N) is 2. The molecule has 1 atom stereocenters. The molecule has 2 aliphatic heterocycles. The van der Waals surface area contributed by atoms with Crippen molar-refractivity contribution in [3.8, 4) is 0 Å². The van der Waals surface area contributed by atoms with Crippen molar-refractivity contribution in [3.05, 3.63) is 65.2 Å². The predicted octanol–water partition coefficient (Wildman–Crippen LogP) is 3.07. The Bertz CT molecular complexity index is 923. The van der Waals surface area contributed by atoms with Gasteiger partial charge >= 0.3 is 6.03 Å². The molecule has 2 heterocycles. The van der Waals surface area contributed by atoms with Crippen molar-refractivity contribution in [2.75, 3.05) is 24.5 Å². The molecule has 2 saturated heterocycles. The number of rotatable bonds is 3. The van der Waals surface area contributed by atoms with Crippen molar-refractivity contribution in [1.29, 1.82) is 0 Å². The Labute approximate surface area is 164 Å². The Morgan fingerprint density at radius 2 is 1.89 bits per heavy atom. The summed E-state index contributed by atoms with van der Waals surface area (Å²) < 4.78 is 0. The Kier molecular flexibility index (Phi) is 4.86. The third-order valence-corrected chi connectivity index (χ3v) is 5.44. The van der Waals surface area contributed by atoms with Crippen molar-refractivity contribution in [2.24, 2.45) is 0 Å². The molecular weight excluding hydrogens is 354 g/mol. The first-order chi connectivity index (χ1) is 13.5. The molecule has 1 N–H and O–H groups in total. The van der Waals surface area contributed by atoms with E-state index in [-0.39, 0.29) is 18.4 Å². The fourth-order valence-electron chi connectivity index (χ4n) is 3.97. The molecule has 2 aromatic rings. The highest BCUT2D eigenvalue weighted by atomic mass is 16.2. The molecular formula is C22H23N3O3. The van der Waals surface area contributed by atoms with Gasteiger partial charge in [-0.2, -0.15) is 0 Å². The predicted molar refractivity (Wildman–Crippen MR) is 106 cm³/mol. The highest BCUT2D eigenvalue weighted by Crippen LogP contribution is 2.28.